The molecular weight excluding hydrogens is 330 g/mol. The smallest absolute Gasteiger partial charge is 0.335 e. The van der Waals surface area contributed by atoms with Crippen molar-refractivity contribution in [2.75, 3.05) is 29.4 Å². The first kappa shape index (κ1) is 16.4. The third-order valence-electron chi connectivity index (χ3n) is 4.00. The molecule has 0 saturated heterocycles. The first-order valence-electron chi connectivity index (χ1n) is 7.65. The number of hydrogen-bond acceptors (Lipinski definition) is 4. The van der Waals surface area contributed by atoms with Gasteiger partial charge >= 0.3 is 5.97 Å². The van der Waals surface area contributed by atoms with E-state index in [0.29, 0.717) is 11.4 Å². The number of aromatic nitrogens is 1. The van der Waals surface area contributed by atoms with Crippen molar-refractivity contribution in [1.29, 1.82) is 0 Å². The number of halogens is 1. The van der Waals surface area contributed by atoms with Crippen molar-refractivity contribution in [1.82, 2.24) is 4.68 Å². The Morgan fingerprint density at radius 3 is 2.54 bits per heavy atom. The van der Waals surface area contributed by atoms with Gasteiger partial charge in [-0.15, -0.1) is 11.6 Å². The average Bonchev–Trinajstić information content (AvgIpc) is 3.04. The van der Waals surface area contributed by atoms with Crippen LogP contribution < -0.4 is 9.91 Å². The van der Waals surface area contributed by atoms with Gasteiger partial charge in [-0.05, 0) is 31.2 Å². The van der Waals surface area contributed by atoms with Gasteiger partial charge in [0, 0.05) is 13.2 Å². The number of rotatable bonds is 3. The fourth-order valence-electron chi connectivity index (χ4n) is 2.99. The molecule has 24 heavy (non-hydrogen) atoms. The number of amides is 1. The van der Waals surface area contributed by atoms with Gasteiger partial charge in [0.25, 0.3) is 0 Å². The molecule has 7 heteroatoms. The molecule has 1 atom stereocenters. The lowest BCUT2D eigenvalue weighted by Crippen LogP contribution is -2.41. The topological polar surface area (TPSA) is 54.8 Å². The lowest BCUT2D eigenvalue weighted by molar-refractivity contribution is -0.146. The predicted octanol–water partition coefficient (Wildman–Crippen LogP) is 2.58. The average molecular weight is 348 g/mol. The second-order valence-corrected chi connectivity index (χ2v) is 5.61. The highest BCUT2D eigenvalue weighted by molar-refractivity contribution is 6.30. The van der Waals surface area contributed by atoms with Crippen molar-refractivity contribution in [3.63, 3.8) is 0 Å². The Balaban J connectivity index is 2.27. The first-order chi connectivity index (χ1) is 11.6. The third kappa shape index (κ3) is 2.53. The van der Waals surface area contributed by atoms with E-state index in [4.69, 9.17) is 16.3 Å². The van der Waals surface area contributed by atoms with Gasteiger partial charge in [0.1, 0.15) is 5.88 Å². The normalized spacial score (nSPS) is 16.2. The summed E-state index contributed by atoms with van der Waals surface area (Å²) in [5.41, 5.74) is 2.05. The number of carbonyl (C=O) groups excluding carboxylic acids is 2. The van der Waals surface area contributed by atoms with Crippen LogP contribution in [0.15, 0.2) is 42.6 Å². The molecule has 0 aliphatic carbocycles. The van der Waals surface area contributed by atoms with E-state index >= 15 is 0 Å². The van der Waals surface area contributed by atoms with Crippen molar-refractivity contribution < 1.29 is 14.3 Å². The van der Waals surface area contributed by atoms with E-state index in [2.05, 4.69) is 0 Å². The number of nitrogens with zero attached hydrogens (tertiary/aromatic N) is 3. The molecule has 0 spiro atoms. The molecular formula is C17H18ClN3O3. The number of alkyl halides is 1. The summed E-state index contributed by atoms with van der Waals surface area (Å²) in [5.74, 6) is -1.07. The van der Waals surface area contributed by atoms with Crippen molar-refractivity contribution in [2.45, 2.75) is 13.0 Å². The van der Waals surface area contributed by atoms with Crippen LogP contribution in [0.5, 0.6) is 0 Å². The summed E-state index contributed by atoms with van der Waals surface area (Å²) in [6, 6.07) is 10.1. The standard InChI is InChI=1S/C17H18ClN3O3/c1-3-24-17(23)16-14-9-6-10-20(14)19(2)12-7-4-5-8-13(12)21(16)15(22)11-18/h4-10,16H,3,11H2,1-2H3. The Morgan fingerprint density at radius 2 is 1.88 bits per heavy atom. The van der Waals surface area contributed by atoms with Crippen molar-refractivity contribution in [2.24, 2.45) is 0 Å². The van der Waals surface area contributed by atoms with Crippen molar-refractivity contribution in [3.8, 4) is 0 Å². The SMILES string of the molecule is CCOC(=O)C1c2cccn2N(C)c2ccccc2N1C(=O)CCl. The Hall–Kier alpha value is -2.47. The van der Waals surface area contributed by atoms with Crippen LogP contribution in [-0.2, 0) is 14.3 Å². The van der Waals surface area contributed by atoms with Crippen LogP contribution in [-0.4, -0.2) is 36.1 Å². The van der Waals surface area contributed by atoms with Gasteiger partial charge in [-0.3, -0.25) is 19.4 Å². The van der Waals surface area contributed by atoms with Crippen LogP contribution in [0, 0.1) is 0 Å². The molecule has 0 saturated carbocycles. The second-order valence-electron chi connectivity index (χ2n) is 5.34. The molecule has 0 N–H and O–H groups in total. The van der Waals surface area contributed by atoms with Crippen LogP contribution in [0.4, 0.5) is 11.4 Å². The van der Waals surface area contributed by atoms with Gasteiger partial charge in [0.15, 0.2) is 6.04 Å². The molecule has 1 unspecified atom stereocenters. The van der Waals surface area contributed by atoms with Gasteiger partial charge in [0.2, 0.25) is 5.91 Å². The lowest BCUT2D eigenvalue weighted by Gasteiger charge is -2.28. The number of benzene rings is 1. The van der Waals surface area contributed by atoms with Crippen LogP contribution in [0.3, 0.4) is 0 Å². The Morgan fingerprint density at radius 1 is 1.17 bits per heavy atom. The molecule has 2 aromatic rings. The van der Waals surface area contributed by atoms with E-state index in [9.17, 15) is 9.59 Å². The molecule has 0 fully saturated rings. The van der Waals surface area contributed by atoms with E-state index in [1.54, 1.807) is 19.1 Å². The highest BCUT2D eigenvalue weighted by Gasteiger charge is 2.39. The highest BCUT2D eigenvalue weighted by atomic mass is 35.5. The number of hydrogen-bond donors (Lipinski definition) is 0. The van der Waals surface area contributed by atoms with E-state index in [1.807, 2.05) is 47.2 Å². The molecule has 1 amide bonds. The Labute approximate surface area is 145 Å². The zero-order chi connectivity index (χ0) is 17.3. The summed E-state index contributed by atoms with van der Waals surface area (Å²) in [4.78, 5) is 26.7. The molecule has 1 aliphatic heterocycles. The molecule has 3 rings (SSSR count). The summed E-state index contributed by atoms with van der Waals surface area (Å²) in [6.45, 7) is 1.97. The molecule has 2 heterocycles. The summed E-state index contributed by atoms with van der Waals surface area (Å²) in [6.07, 6.45) is 1.84. The second kappa shape index (κ2) is 6.57. The van der Waals surface area contributed by atoms with Crippen molar-refractivity contribution in [3.05, 3.63) is 48.3 Å². The number of fused-ring (bicyclic) bond motifs is 2. The maximum atomic E-state index is 12.7. The summed E-state index contributed by atoms with van der Waals surface area (Å²) in [5, 5.41) is 1.89. The maximum Gasteiger partial charge on any atom is 0.335 e. The van der Waals surface area contributed by atoms with E-state index in [1.165, 1.54) is 4.90 Å². The molecule has 0 radical (unpaired) electrons. The molecule has 0 bridgehead atoms. The molecule has 1 aliphatic rings. The quantitative estimate of drug-likeness (QED) is 0.632. The zero-order valence-corrected chi connectivity index (χ0v) is 14.2. The molecule has 1 aromatic heterocycles. The summed E-state index contributed by atoms with van der Waals surface area (Å²) >= 11 is 5.83. The van der Waals surface area contributed by atoms with Crippen molar-refractivity contribution >= 4 is 34.9 Å². The first-order valence-corrected chi connectivity index (χ1v) is 8.18. The van der Waals surface area contributed by atoms with E-state index in [0.717, 1.165) is 5.69 Å². The Kier molecular flexibility index (Phi) is 4.49. The molecule has 1 aromatic carbocycles. The summed E-state index contributed by atoms with van der Waals surface area (Å²) in [7, 11) is 1.87. The van der Waals surface area contributed by atoms with Gasteiger partial charge < -0.3 is 4.74 Å². The van der Waals surface area contributed by atoms with Crippen LogP contribution >= 0.6 is 11.6 Å². The zero-order valence-electron chi connectivity index (χ0n) is 13.5. The number of carbonyl (C=O) groups is 2. The largest absolute Gasteiger partial charge is 0.464 e. The molecule has 126 valence electrons. The van der Waals surface area contributed by atoms with Crippen LogP contribution in [0.2, 0.25) is 0 Å². The Bertz CT molecular complexity index is 774. The number of ether oxygens (including phenoxy) is 1. The third-order valence-corrected chi connectivity index (χ3v) is 4.23. The van der Waals surface area contributed by atoms with Gasteiger partial charge in [-0.25, -0.2) is 4.79 Å². The van der Waals surface area contributed by atoms with Crippen LogP contribution in [0.1, 0.15) is 18.7 Å². The van der Waals surface area contributed by atoms with E-state index in [-0.39, 0.29) is 18.4 Å². The number of anilines is 2. The minimum absolute atomic E-state index is 0.228. The van der Waals surface area contributed by atoms with E-state index < -0.39 is 12.0 Å². The molecule has 6 nitrogen and oxygen atoms in total. The lowest BCUT2D eigenvalue weighted by atomic mass is 10.1. The summed E-state index contributed by atoms with van der Waals surface area (Å²) < 4.78 is 7.07. The minimum atomic E-state index is -0.891. The predicted molar refractivity (Wildman–Crippen MR) is 92.3 cm³/mol. The van der Waals surface area contributed by atoms with Gasteiger partial charge in [-0.2, -0.15) is 0 Å². The monoisotopic (exact) mass is 347 g/mol. The van der Waals surface area contributed by atoms with Gasteiger partial charge in [0.05, 0.1) is 23.7 Å². The van der Waals surface area contributed by atoms with Crippen LogP contribution in [0.25, 0.3) is 0 Å². The fourth-order valence-corrected chi connectivity index (χ4v) is 3.12. The fraction of sp³-hybridized carbons (Fsp3) is 0.294. The van der Waals surface area contributed by atoms with Gasteiger partial charge in [-0.1, -0.05) is 12.1 Å². The number of para-hydroxylation sites is 2. The maximum absolute atomic E-state index is 12.7. The highest BCUT2D eigenvalue weighted by Crippen LogP contribution is 2.39. The minimum Gasteiger partial charge on any atom is -0.464 e. The number of esters is 1.